The lowest BCUT2D eigenvalue weighted by Crippen LogP contribution is -2.39. The van der Waals surface area contributed by atoms with E-state index in [1.165, 1.54) is 12.8 Å². The SMILES string of the molecule is O=C(NC1CCCC1)C1=NO[C@@]2(CCNC2)C1. The number of amides is 1. The van der Waals surface area contributed by atoms with Crippen LogP contribution in [0.2, 0.25) is 0 Å². The Balaban J connectivity index is 1.56. The van der Waals surface area contributed by atoms with Crippen molar-refractivity contribution in [3.63, 3.8) is 0 Å². The molecule has 3 rings (SSSR count). The molecule has 1 spiro atoms. The van der Waals surface area contributed by atoms with Crippen LogP contribution in [0.3, 0.4) is 0 Å². The summed E-state index contributed by atoms with van der Waals surface area (Å²) in [5.41, 5.74) is 0.336. The molecule has 1 atom stereocenters. The van der Waals surface area contributed by atoms with Gasteiger partial charge in [0.2, 0.25) is 0 Å². The van der Waals surface area contributed by atoms with Crippen LogP contribution in [0.5, 0.6) is 0 Å². The number of nitrogens with zero attached hydrogens (tertiary/aromatic N) is 1. The fraction of sp³-hybridized carbons (Fsp3) is 0.833. The average Bonchev–Trinajstić information content (AvgIpc) is 3.03. The van der Waals surface area contributed by atoms with Gasteiger partial charge in [0.1, 0.15) is 5.71 Å². The monoisotopic (exact) mass is 237 g/mol. The first-order valence-corrected chi connectivity index (χ1v) is 6.54. The highest BCUT2D eigenvalue weighted by molar-refractivity contribution is 6.39. The summed E-state index contributed by atoms with van der Waals surface area (Å²) >= 11 is 0. The Morgan fingerprint density at radius 2 is 2.29 bits per heavy atom. The minimum absolute atomic E-state index is 0.0272. The Morgan fingerprint density at radius 1 is 1.47 bits per heavy atom. The van der Waals surface area contributed by atoms with Gasteiger partial charge in [0.05, 0.1) is 0 Å². The van der Waals surface area contributed by atoms with Crippen molar-refractivity contribution in [2.24, 2.45) is 5.16 Å². The van der Waals surface area contributed by atoms with Crippen molar-refractivity contribution in [2.45, 2.75) is 50.2 Å². The first kappa shape index (κ1) is 11.0. The zero-order chi connectivity index (χ0) is 11.7. The van der Waals surface area contributed by atoms with Crippen LogP contribution in [0.25, 0.3) is 0 Å². The lowest BCUT2D eigenvalue weighted by molar-refractivity contribution is -0.115. The molecular weight excluding hydrogens is 218 g/mol. The van der Waals surface area contributed by atoms with E-state index >= 15 is 0 Å². The van der Waals surface area contributed by atoms with Gasteiger partial charge in [0.15, 0.2) is 5.60 Å². The molecule has 1 aliphatic carbocycles. The maximum absolute atomic E-state index is 12.0. The molecule has 2 N–H and O–H groups in total. The molecule has 2 aliphatic heterocycles. The number of oxime groups is 1. The summed E-state index contributed by atoms with van der Waals surface area (Å²) in [6, 6.07) is 0.350. The molecular formula is C12H19N3O2. The fourth-order valence-electron chi connectivity index (χ4n) is 2.93. The van der Waals surface area contributed by atoms with E-state index in [4.69, 9.17) is 4.84 Å². The van der Waals surface area contributed by atoms with Gasteiger partial charge in [0.25, 0.3) is 5.91 Å². The van der Waals surface area contributed by atoms with E-state index in [-0.39, 0.29) is 11.5 Å². The van der Waals surface area contributed by atoms with Crippen molar-refractivity contribution in [1.82, 2.24) is 10.6 Å². The molecule has 0 aromatic carbocycles. The molecule has 2 fully saturated rings. The van der Waals surface area contributed by atoms with E-state index in [1.54, 1.807) is 0 Å². The second-order valence-electron chi connectivity index (χ2n) is 5.37. The molecule has 0 aromatic rings. The molecule has 0 unspecified atom stereocenters. The van der Waals surface area contributed by atoms with Gasteiger partial charge in [-0.3, -0.25) is 4.79 Å². The zero-order valence-electron chi connectivity index (χ0n) is 10.00. The molecule has 0 radical (unpaired) electrons. The Morgan fingerprint density at radius 3 is 3.00 bits per heavy atom. The number of hydrogen-bond acceptors (Lipinski definition) is 4. The van der Waals surface area contributed by atoms with Gasteiger partial charge in [-0.2, -0.15) is 0 Å². The van der Waals surface area contributed by atoms with Gasteiger partial charge in [-0.15, -0.1) is 0 Å². The van der Waals surface area contributed by atoms with Gasteiger partial charge in [-0.1, -0.05) is 18.0 Å². The third-order valence-electron chi connectivity index (χ3n) is 4.00. The summed E-state index contributed by atoms with van der Waals surface area (Å²) in [6.07, 6.45) is 6.25. The Hall–Kier alpha value is -1.10. The van der Waals surface area contributed by atoms with E-state index in [0.717, 1.165) is 32.4 Å². The number of carbonyl (C=O) groups is 1. The van der Waals surface area contributed by atoms with Crippen molar-refractivity contribution in [2.75, 3.05) is 13.1 Å². The maximum atomic E-state index is 12.0. The van der Waals surface area contributed by atoms with Crippen LogP contribution in [-0.4, -0.2) is 36.4 Å². The molecule has 1 saturated carbocycles. The van der Waals surface area contributed by atoms with Crippen LogP contribution in [-0.2, 0) is 9.63 Å². The normalized spacial score (nSPS) is 32.8. The molecule has 3 aliphatic rings. The largest absolute Gasteiger partial charge is 0.387 e. The molecule has 2 heterocycles. The summed E-state index contributed by atoms with van der Waals surface area (Å²) in [5.74, 6) is -0.0272. The van der Waals surface area contributed by atoms with Gasteiger partial charge >= 0.3 is 0 Å². The van der Waals surface area contributed by atoms with Crippen molar-refractivity contribution in [3.8, 4) is 0 Å². The number of hydrogen-bond donors (Lipinski definition) is 2. The highest BCUT2D eigenvalue weighted by atomic mass is 16.7. The quantitative estimate of drug-likeness (QED) is 0.737. The summed E-state index contributed by atoms with van der Waals surface area (Å²) in [6.45, 7) is 1.75. The van der Waals surface area contributed by atoms with Crippen LogP contribution in [0.4, 0.5) is 0 Å². The summed E-state index contributed by atoms with van der Waals surface area (Å²) < 4.78 is 0. The average molecular weight is 237 g/mol. The lowest BCUT2D eigenvalue weighted by Gasteiger charge is -2.18. The van der Waals surface area contributed by atoms with E-state index in [0.29, 0.717) is 18.2 Å². The third kappa shape index (κ3) is 2.16. The minimum Gasteiger partial charge on any atom is -0.387 e. The van der Waals surface area contributed by atoms with Crippen molar-refractivity contribution in [1.29, 1.82) is 0 Å². The van der Waals surface area contributed by atoms with E-state index in [1.807, 2.05) is 0 Å². The Labute approximate surface area is 101 Å². The molecule has 5 heteroatoms. The summed E-state index contributed by atoms with van der Waals surface area (Å²) in [5, 5.41) is 10.3. The number of nitrogens with one attached hydrogen (secondary N) is 2. The summed E-state index contributed by atoms with van der Waals surface area (Å²) in [7, 11) is 0. The fourth-order valence-corrected chi connectivity index (χ4v) is 2.93. The zero-order valence-corrected chi connectivity index (χ0v) is 10.00. The lowest BCUT2D eigenvalue weighted by atomic mass is 9.96. The molecule has 94 valence electrons. The molecule has 1 amide bonds. The Kier molecular flexibility index (Phi) is 2.78. The third-order valence-corrected chi connectivity index (χ3v) is 4.00. The van der Waals surface area contributed by atoms with Gasteiger partial charge in [0, 0.05) is 25.4 Å². The number of carbonyl (C=O) groups excluding carboxylic acids is 1. The first-order chi connectivity index (χ1) is 8.27. The van der Waals surface area contributed by atoms with Crippen LogP contribution in [0, 0.1) is 0 Å². The number of rotatable bonds is 2. The second kappa shape index (κ2) is 4.29. The van der Waals surface area contributed by atoms with Gasteiger partial charge < -0.3 is 15.5 Å². The second-order valence-corrected chi connectivity index (χ2v) is 5.37. The Bertz CT molecular complexity index is 342. The standard InChI is InChI=1S/C12H19N3O2/c16-11(14-9-3-1-2-4-9)10-7-12(17-15-10)5-6-13-8-12/h9,13H,1-8H2,(H,14,16)/t12-/m0/s1. The molecule has 0 aromatic heterocycles. The molecule has 17 heavy (non-hydrogen) atoms. The van der Waals surface area contributed by atoms with E-state index in [2.05, 4.69) is 15.8 Å². The molecule has 0 bridgehead atoms. The molecule has 5 nitrogen and oxygen atoms in total. The van der Waals surface area contributed by atoms with Crippen LogP contribution in [0.15, 0.2) is 5.16 Å². The van der Waals surface area contributed by atoms with Crippen molar-refractivity contribution in [3.05, 3.63) is 0 Å². The van der Waals surface area contributed by atoms with E-state index in [9.17, 15) is 4.79 Å². The van der Waals surface area contributed by atoms with Crippen molar-refractivity contribution < 1.29 is 9.63 Å². The van der Waals surface area contributed by atoms with Crippen molar-refractivity contribution >= 4 is 11.6 Å². The highest BCUT2D eigenvalue weighted by Crippen LogP contribution is 2.30. The predicted octanol–water partition coefficient (Wildman–Crippen LogP) is 0.554. The first-order valence-electron chi connectivity index (χ1n) is 6.54. The smallest absolute Gasteiger partial charge is 0.269 e. The maximum Gasteiger partial charge on any atom is 0.269 e. The molecule has 1 saturated heterocycles. The minimum atomic E-state index is -0.234. The predicted molar refractivity (Wildman–Crippen MR) is 63.8 cm³/mol. The highest BCUT2D eigenvalue weighted by Gasteiger charge is 2.43. The van der Waals surface area contributed by atoms with Crippen LogP contribution in [0.1, 0.15) is 38.5 Å². The van der Waals surface area contributed by atoms with E-state index < -0.39 is 0 Å². The van der Waals surface area contributed by atoms with Crippen LogP contribution < -0.4 is 10.6 Å². The summed E-state index contributed by atoms with van der Waals surface area (Å²) in [4.78, 5) is 17.5. The van der Waals surface area contributed by atoms with Crippen LogP contribution >= 0.6 is 0 Å². The topological polar surface area (TPSA) is 62.7 Å². The van der Waals surface area contributed by atoms with Gasteiger partial charge in [-0.05, 0) is 19.4 Å². The van der Waals surface area contributed by atoms with Gasteiger partial charge in [-0.25, -0.2) is 0 Å².